The molecule has 9 heteroatoms. The van der Waals surface area contributed by atoms with Crippen molar-refractivity contribution < 1.29 is 42.9 Å². The van der Waals surface area contributed by atoms with Gasteiger partial charge < -0.3 is 28.5 Å². The summed E-state index contributed by atoms with van der Waals surface area (Å²) in [7, 11) is 5.91. The van der Waals surface area contributed by atoms with E-state index in [4.69, 9.17) is 18.9 Å². The minimum Gasteiger partial charge on any atom is -0.477 e. The number of carbonyl (C=O) groups excluding carboxylic acids is 2. The van der Waals surface area contributed by atoms with Gasteiger partial charge in [-0.1, -0.05) is 137 Å². The van der Waals surface area contributed by atoms with Crippen molar-refractivity contribution in [3.05, 3.63) is 85.1 Å². The van der Waals surface area contributed by atoms with Crippen LogP contribution in [0.2, 0.25) is 0 Å². The molecule has 318 valence electrons. The van der Waals surface area contributed by atoms with Crippen LogP contribution in [0.25, 0.3) is 0 Å². The predicted octanol–water partition coefficient (Wildman–Crippen LogP) is 10.9. The Balaban J connectivity index is 4.65. The Hall–Kier alpha value is -3.53. The first-order valence-electron chi connectivity index (χ1n) is 21.3. The molecule has 0 rings (SSSR count). The number of likely N-dealkylation sites (N-methyl/N-ethyl adjacent to an activating group) is 1. The number of hydrogen-bond donors (Lipinski definition) is 1. The Bertz CT molecular complexity index is 1190. The van der Waals surface area contributed by atoms with E-state index >= 15 is 0 Å². The highest BCUT2D eigenvalue weighted by molar-refractivity contribution is 5.72. The fraction of sp³-hybridized carbons (Fsp3) is 0.638. The molecule has 2 unspecified atom stereocenters. The molecular weight excluding hydrogens is 707 g/mol. The van der Waals surface area contributed by atoms with Crippen LogP contribution in [0, 0.1) is 0 Å². The van der Waals surface area contributed by atoms with E-state index in [0.29, 0.717) is 23.9 Å². The summed E-state index contributed by atoms with van der Waals surface area (Å²) in [6, 6.07) is 0. The number of carboxylic acid groups (broad SMARTS) is 1. The van der Waals surface area contributed by atoms with Gasteiger partial charge in [-0.3, -0.25) is 9.59 Å². The quantitative estimate of drug-likeness (QED) is 0.0218. The van der Waals surface area contributed by atoms with Crippen molar-refractivity contribution in [1.82, 2.24) is 0 Å². The van der Waals surface area contributed by atoms with Crippen LogP contribution in [-0.4, -0.2) is 87.4 Å². The molecule has 0 spiro atoms. The van der Waals surface area contributed by atoms with Crippen LogP contribution in [0.1, 0.15) is 136 Å². The molecule has 0 fully saturated rings. The first kappa shape index (κ1) is 52.5. The van der Waals surface area contributed by atoms with Crippen LogP contribution in [-0.2, 0) is 33.3 Å². The average molecular weight is 785 g/mol. The normalized spacial score (nSPS) is 13.8. The maximum atomic E-state index is 12.7. The molecule has 0 aromatic carbocycles. The maximum absolute atomic E-state index is 12.7. The Morgan fingerprint density at radius 1 is 0.571 bits per heavy atom. The summed E-state index contributed by atoms with van der Waals surface area (Å²) in [4.78, 5) is 37.0. The summed E-state index contributed by atoms with van der Waals surface area (Å²) in [5.41, 5.74) is 0. The van der Waals surface area contributed by atoms with Crippen molar-refractivity contribution in [2.75, 3.05) is 47.5 Å². The number of aliphatic carboxylic acids is 1. The van der Waals surface area contributed by atoms with Gasteiger partial charge in [-0.15, -0.1) is 0 Å². The molecule has 9 nitrogen and oxygen atoms in total. The van der Waals surface area contributed by atoms with E-state index in [1.807, 2.05) is 33.3 Å². The molecule has 1 N–H and O–H groups in total. The second-order valence-electron chi connectivity index (χ2n) is 14.9. The van der Waals surface area contributed by atoms with Gasteiger partial charge >= 0.3 is 17.9 Å². The van der Waals surface area contributed by atoms with Gasteiger partial charge in [0.05, 0.1) is 40.8 Å². The van der Waals surface area contributed by atoms with Crippen molar-refractivity contribution in [1.29, 1.82) is 0 Å². The van der Waals surface area contributed by atoms with Gasteiger partial charge in [0.25, 0.3) is 6.29 Å². The Labute approximate surface area is 340 Å². The molecule has 0 aromatic heterocycles. The number of rotatable bonds is 37. The van der Waals surface area contributed by atoms with E-state index in [1.54, 1.807) is 6.08 Å². The minimum atomic E-state index is -1.54. The fourth-order valence-corrected chi connectivity index (χ4v) is 5.12. The number of ether oxygens (including phenoxy) is 4. The fourth-order valence-electron chi connectivity index (χ4n) is 5.12. The highest BCUT2D eigenvalue weighted by Crippen LogP contribution is 2.10. The molecule has 0 aliphatic rings. The zero-order valence-corrected chi connectivity index (χ0v) is 35.8. The number of carbonyl (C=O) groups is 3. The van der Waals surface area contributed by atoms with Gasteiger partial charge in [0.1, 0.15) is 13.2 Å². The van der Waals surface area contributed by atoms with Crippen LogP contribution in [0.4, 0.5) is 0 Å². The standard InChI is InChI=1S/C47H77NO8/c1-6-8-10-12-14-16-18-20-22-24-25-27-29-31-33-35-37-44(49)54-41-43(42-55-47(46(51)52)53-40-39-48(3,4)5)56-45(50)38-36-34-32-30-28-26-23-21-19-17-15-13-11-9-7-2/h9,11,15-18,21-24,28,30,34,36,43,47H,6-8,10,12-14,19-20,25-27,29,31-33,35,37-42H2,1-5H3/p+1/b11-9-,17-15-,18-16-,23-21-,24-22-,30-28-,36-34-. The molecule has 0 aromatic rings. The predicted molar refractivity (Wildman–Crippen MR) is 230 cm³/mol. The van der Waals surface area contributed by atoms with E-state index < -0.39 is 24.3 Å². The molecule has 0 amide bonds. The average Bonchev–Trinajstić information content (AvgIpc) is 3.15. The van der Waals surface area contributed by atoms with E-state index in [2.05, 4.69) is 80.7 Å². The number of quaternary nitrogens is 1. The highest BCUT2D eigenvalue weighted by atomic mass is 16.7. The molecule has 0 bridgehead atoms. The lowest BCUT2D eigenvalue weighted by Crippen LogP contribution is -2.40. The third-order valence-corrected chi connectivity index (χ3v) is 8.42. The monoisotopic (exact) mass is 785 g/mol. The van der Waals surface area contributed by atoms with E-state index in [1.165, 1.54) is 32.1 Å². The third-order valence-electron chi connectivity index (χ3n) is 8.42. The second-order valence-corrected chi connectivity index (χ2v) is 14.9. The zero-order chi connectivity index (χ0) is 41.4. The number of carboxylic acids is 1. The van der Waals surface area contributed by atoms with E-state index in [-0.39, 0.29) is 38.6 Å². The van der Waals surface area contributed by atoms with Crippen molar-refractivity contribution in [3.63, 3.8) is 0 Å². The van der Waals surface area contributed by atoms with Crippen molar-refractivity contribution >= 4 is 17.9 Å². The molecule has 56 heavy (non-hydrogen) atoms. The number of nitrogens with zero attached hydrogens (tertiary/aromatic N) is 1. The molecule has 0 aliphatic carbocycles. The lowest BCUT2D eigenvalue weighted by Gasteiger charge is -2.25. The highest BCUT2D eigenvalue weighted by Gasteiger charge is 2.24. The molecule has 0 aliphatic heterocycles. The van der Waals surface area contributed by atoms with Crippen molar-refractivity contribution in [2.45, 2.75) is 148 Å². The Morgan fingerprint density at radius 2 is 1.07 bits per heavy atom. The second kappa shape index (κ2) is 38.3. The summed E-state index contributed by atoms with van der Waals surface area (Å²) >= 11 is 0. The van der Waals surface area contributed by atoms with Crippen LogP contribution in [0.3, 0.4) is 0 Å². The van der Waals surface area contributed by atoms with Gasteiger partial charge in [-0.25, -0.2) is 4.79 Å². The largest absolute Gasteiger partial charge is 0.477 e. The van der Waals surface area contributed by atoms with Gasteiger partial charge in [0.2, 0.25) is 0 Å². The van der Waals surface area contributed by atoms with Crippen LogP contribution < -0.4 is 0 Å². The Morgan fingerprint density at radius 3 is 1.61 bits per heavy atom. The first-order valence-corrected chi connectivity index (χ1v) is 21.3. The van der Waals surface area contributed by atoms with E-state index in [0.717, 1.165) is 64.2 Å². The molecule has 2 atom stereocenters. The molecule has 0 radical (unpaired) electrons. The summed E-state index contributed by atoms with van der Waals surface area (Å²) in [6.07, 6.45) is 45.3. The third kappa shape index (κ3) is 38.7. The van der Waals surface area contributed by atoms with E-state index in [9.17, 15) is 19.5 Å². The maximum Gasteiger partial charge on any atom is 0.361 e. The number of hydrogen-bond acceptors (Lipinski definition) is 7. The Kier molecular flexibility index (Phi) is 35.9. The van der Waals surface area contributed by atoms with Crippen LogP contribution in [0.5, 0.6) is 0 Å². The molecule has 0 saturated carbocycles. The topological polar surface area (TPSA) is 108 Å². The zero-order valence-electron chi connectivity index (χ0n) is 35.8. The smallest absolute Gasteiger partial charge is 0.361 e. The van der Waals surface area contributed by atoms with Crippen LogP contribution in [0.15, 0.2) is 85.1 Å². The number of unbranched alkanes of at least 4 members (excludes halogenated alkanes) is 9. The lowest BCUT2D eigenvalue weighted by atomic mass is 10.1. The summed E-state index contributed by atoms with van der Waals surface area (Å²) in [5, 5.41) is 9.61. The number of esters is 2. The molecule has 0 heterocycles. The van der Waals surface area contributed by atoms with Gasteiger partial charge in [0, 0.05) is 6.42 Å². The molecule has 0 saturated heterocycles. The first-order chi connectivity index (χ1) is 27.1. The van der Waals surface area contributed by atoms with Gasteiger partial charge in [0.15, 0.2) is 6.10 Å². The molecular formula is C47H78NO8+. The van der Waals surface area contributed by atoms with Gasteiger partial charge in [-0.2, -0.15) is 0 Å². The van der Waals surface area contributed by atoms with Gasteiger partial charge in [-0.05, 0) is 70.6 Å². The minimum absolute atomic E-state index is 0.0202. The summed E-state index contributed by atoms with van der Waals surface area (Å²) in [5.74, 6) is -2.21. The summed E-state index contributed by atoms with van der Waals surface area (Å²) < 4.78 is 22.5. The number of allylic oxidation sites excluding steroid dienone is 13. The summed E-state index contributed by atoms with van der Waals surface area (Å²) in [6.45, 7) is 4.57. The lowest BCUT2D eigenvalue weighted by molar-refractivity contribution is -0.870. The SMILES string of the molecule is CC/C=C\C/C=C\C/C=C\C/C=C\C/C=C\CC(=O)OC(COC(=O)CCCCCCC/C=C\C/C=C\CCCCCC)COC(OCC[N+](C)(C)C)C(=O)O. The van der Waals surface area contributed by atoms with Crippen molar-refractivity contribution in [3.8, 4) is 0 Å². The van der Waals surface area contributed by atoms with Crippen molar-refractivity contribution in [2.24, 2.45) is 0 Å². The van der Waals surface area contributed by atoms with Crippen LogP contribution >= 0.6 is 0 Å².